The summed E-state index contributed by atoms with van der Waals surface area (Å²) in [6.07, 6.45) is 4.42. The maximum atomic E-state index is 6.64. The van der Waals surface area contributed by atoms with E-state index in [2.05, 4.69) is 5.38 Å². The molecule has 5 atom stereocenters. The quantitative estimate of drug-likeness (QED) is 0.667. The van der Waals surface area contributed by atoms with Crippen LogP contribution in [0.3, 0.4) is 0 Å². The molecule has 3 fully saturated rings. The average Bonchev–Trinajstić information content (AvgIpc) is 2.67. The van der Waals surface area contributed by atoms with Gasteiger partial charge in [0.2, 0.25) is 0 Å². The molecule has 16 heavy (non-hydrogen) atoms. The van der Waals surface area contributed by atoms with Gasteiger partial charge in [-0.1, -0.05) is 11.6 Å². The van der Waals surface area contributed by atoms with Crippen LogP contribution in [0.15, 0.2) is 11.4 Å². The first-order valence-electron chi connectivity index (χ1n) is 6.14. The Kier molecular flexibility index (Phi) is 2.17. The maximum Gasteiger partial charge on any atom is 0.0727 e. The van der Waals surface area contributed by atoms with Gasteiger partial charge in [-0.3, -0.25) is 0 Å². The first-order chi connectivity index (χ1) is 7.77. The lowest BCUT2D eigenvalue weighted by Gasteiger charge is -2.13. The molecule has 1 aromatic heterocycles. The Bertz CT molecular complexity index is 411. The Hall–Kier alpha value is 0.280. The second-order valence-corrected chi connectivity index (χ2v) is 7.42. The topological polar surface area (TPSA) is 0 Å². The lowest BCUT2D eigenvalue weighted by atomic mass is 10.00. The minimum atomic E-state index is 0.186. The van der Waals surface area contributed by atoms with Crippen molar-refractivity contribution in [1.29, 1.82) is 0 Å². The molecule has 0 saturated heterocycles. The smallest absolute Gasteiger partial charge is 0.0727 e. The van der Waals surface area contributed by atoms with E-state index in [1.54, 1.807) is 11.3 Å². The van der Waals surface area contributed by atoms with Crippen molar-refractivity contribution in [2.45, 2.75) is 24.6 Å². The molecule has 3 aliphatic rings. The molecule has 0 aromatic carbocycles. The van der Waals surface area contributed by atoms with E-state index in [-0.39, 0.29) is 5.38 Å². The molecular formula is C13H14Cl2S. The summed E-state index contributed by atoms with van der Waals surface area (Å²) in [4.78, 5) is 1.21. The molecule has 4 rings (SSSR count). The fourth-order valence-corrected chi connectivity index (χ4v) is 6.33. The van der Waals surface area contributed by atoms with Crippen LogP contribution in [0.2, 0.25) is 5.02 Å². The maximum absolute atomic E-state index is 6.64. The number of fused-ring (bicyclic) bond motifs is 5. The van der Waals surface area contributed by atoms with E-state index < -0.39 is 0 Å². The molecule has 86 valence electrons. The van der Waals surface area contributed by atoms with Gasteiger partial charge >= 0.3 is 0 Å². The highest BCUT2D eigenvalue weighted by Gasteiger charge is 2.66. The minimum absolute atomic E-state index is 0.186. The fourth-order valence-electron chi connectivity index (χ4n) is 4.46. The van der Waals surface area contributed by atoms with Crippen molar-refractivity contribution >= 4 is 34.5 Å². The molecule has 1 heterocycles. The number of hydrogen-bond donors (Lipinski definition) is 0. The van der Waals surface area contributed by atoms with Gasteiger partial charge in [0.15, 0.2) is 0 Å². The van der Waals surface area contributed by atoms with E-state index in [4.69, 9.17) is 23.2 Å². The summed E-state index contributed by atoms with van der Waals surface area (Å²) >= 11 is 14.5. The monoisotopic (exact) mass is 272 g/mol. The van der Waals surface area contributed by atoms with E-state index in [1.165, 1.54) is 24.1 Å². The highest BCUT2D eigenvalue weighted by Crippen LogP contribution is 2.73. The molecule has 1 aromatic rings. The largest absolute Gasteiger partial charge is 0.146 e. The van der Waals surface area contributed by atoms with E-state index in [9.17, 15) is 0 Å². The van der Waals surface area contributed by atoms with Crippen LogP contribution < -0.4 is 0 Å². The minimum Gasteiger partial charge on any atom is -0.146 e. The predicted molar refractivity (Wildman–Crippen MR) is 69.2 cm³/mol. The van der Waals surface area contributed by atoms with Gasteiger partial charge in [-0.25, -0.2) is 0 Å². The molecule has 3 saturated carbocycles. The molecule has 0 amide bonds. The van der Waals surface area contributed by atoms with Gasteiger partial charge in [0.25, 0.3) is 0 Å². The Labute approximate surface area is 110 Å². The van der Waals surface area contributed by atoms with Crippen molar-refractivity contribution in [2.24, 2.45) is 29.6 Å². The van der Waals surface area contributed by atoms with Crippen molar-refractivity contribution in [3.8, 4) is 0 Å². The van der Waals surface area contributed by atoms with Crippen LogP contribution in [-0.2, 0) is 0 Å². The fraction of sp³-hybridized carbons (Fsp3) is 0.692. The summed E-state index contributed by atoms with van der Waals surface area (Å²) in [7, 11) is 0. The summed E-state index contributed by atoms with van der Waals surface area (Å²) in [5, 5.41) is 3.12. The van der Waals surface area contributed by atoms with E-state index in [1.807, 2.05) is 6.07 Å². The van der Waals surface area contributed by atoms with E-state index >= 15 is 0 Å². The summed E-state index contributed by atoms with van der Waals surface area (Å²) in [6.45, 7) is 0. The molecule has 5 unspecified atom stereocenters. The first kappa shape index (κ1) is 10.2. The second kappa shape index (κ2) is 3.40. The van der Waals surface area contributed by atoms with Crippen LogP contribution in [0, 0.1) is 29.6 Å². The Morgan fingerprint density at radius 3 is 2.50 bits per heavy atom. The van der Waals surface area contributed by atoms with Crippen LogP contribution in [0.25, 0.3) is 0 Å². The molecule has 3 heteroatoms. The van der Waals surface area contributed by atoms with Gasteiger partial charge < -0.3 is 0 Å². The average molecular weight is 273 g/mol. The molecule has 0 aliphatic heterocycles. The van der Waals surface area contributed by atoms with Crippen LogP contribution >= 0.6 is 34.5 Å². The zero-order valence-electron chi connectivity index (χ0n) is 8.90. The van der Waals surface area contributed by atoms with Crippen molar-refractivity contribution in [3.63, 3.8) is 0 Å². The van der Waals surface area contributed by atoms with Crippen molar-refractivity contribution in [3.05, 3.63) is 21.3 Å². The van der Waals surface area contributed by atoms with Crippen LogP contribution in [-0.4, -0.2) is 0 Å². The summed E-state index contributed by atoms with van der Waals surface area (Å²) < 4.78 is 0. The number of halogens is 2. The number of thiophene rings is 1. The zero-order valence-corrected chi connectivity index (χ0v) is 11.2. The third kappa shape index (κ3) is 1.23. The first-order valence-corrected chi connectivity index (χ1v) is 7.83. The normalized spacial score (nSPS) is 45.8. The molecule has 0 spiro atoms. The Morgan fingerprint density at radius 1 is 1.25 bits per heavy atom. The van der Waals surface area contributed by atoms with Gasteiger partial charge in [0.05, 0.1) is 10.4 Å². The number of hydrogen-bond acceptors (Lipinski definition) is 1. The molecule has 3 aliphatic carbocycles. The second-order valence-electron chi connectivity index (χ2n) is 5.60. The summed E-state index contributed by atoms with van der Waals surface area (Å²) in [6, 6.07) is 1.98. The Morgan fingerprint density at radius 2 is 1.94 bits per heavy atom. The predicted octanol–water partition coefficient (Wildman–Crippen LogP) is 4.97. The SMILES string of the molecule is Clc1ccsc1C(Cl)C1C2C3CCC(C3)C21. The lowest BCUT2D eigenvalue weighted by Crippen LogP contribution is -2.03. The van der Waals surface area contributed by atoms with Crippen molar-refractivity contribution in [1.82, 2.24) is 0 Å². The number of alkyl halides is 1. The molecule has 0 radical (unpaired) electrons. The standard InChI is InChI=1S/C13H14Cl2S/c14-8-3-4-16-13(8)12(15)11-9-6-1-2-7(5-6)10(9)11/h3-4,6-7,9-12H,1-2,5H2. The summed E-state index contributed by atoms with van der Waals surface area (Å²) in [5.74, 6) is 4.63. The highest BCUT2D eigenvalue weighted by molar-refractivity contribution is 7.11. The van der Waals surface area contributed by atoms with Gasteiger partial charge in [-0.2, -0.15) is 0 Å². The lowest BCUT2D eigenvalue weighted by molar-refractivity contribution is 0.456. The van der Waals surface area contributed by atoms with Crippen LogP contribution in [0.5, 0.6) is 0 Å². The van der Waals surface area contributed by atoms with E-state index in [0.717, 1.165) is 34.6 Å². The molecule has 0 N–H and O–H groups in total. The Balaban J connectivity index is 1.59. The summed E-state index contributed by atoms with van der Waals surface area (Å²) in [5.41, 5.74) is 0. The van der Waals surface area contributed by atoms with Crippen molar-refractivity contribution < 1.29 is 0 Å². The van der Waals surface area contributed by atoms with Gasteiger partial charge in [-0.15, -0.1) is 22.9 Å². The van der Waals surface area contributed by atoms with Crippen LogP contribution in [0.4, 0.5) is 0 Å². The molecule has 0 nitrogen and oxygen atoms in total. The zero-order chi connectivity index (χ0) is 10.9. The van der Waals surface area contributed by atoms with Crippen molar-refractivity contribution in [2.75, 3.05) is 0 Å². The van der Waals surface area contributed by atoms with Gasteiger partial charge in [-0.05, 0) is 60.3 Å². The third-order valence-electron chi connectivity index (χ3n) is 5.03. The molecule has 2 bridgehead atoms. The van der Waals surface area contributed by atoms with E-state index in [0.29, 0.717) is 0 Å². The molecular weight excluding hydrogens is 259 g/mol. The third-order valence-corrected chi connectivity index (χ3v) is 7.11. The van der Waals surface area contributed by atoms with Crippen LogP contribution in [0.1, 0.15) is 29.5 Å². The van der Waals surface area contributed by atoms with Gasteiger partial charge in [0.1, 0.15) is 0 Å². The van der Waals surface area contributed by atoms with Gasteiger partial charge in [0, 0.05) is 4.88 Å². The highest BCUT2D eigenvalue weighted by atomic mass is 35.5. The number of rotatable bonds is 2.